The quantitative estimate of drug-likeness (QED) is 0.0933. The van der Waals surface area contributed by atoms with Gasteiger partial charge >= 0.3 is 26.2 Å². The normalized spacial score (nSPS) is 9.62. The van der Waals surface area contributed by atoms with E-state index in [4.69, 9.17) is 0 Å². The van der Waals surface area contributed by atoms with Crippen molar-refractivity contribution >= 4 is 68.1 Å². The zero-order valence-electron chi connectivity index (χ0n) is 28.3. The predicted molar refractivity (Wildman–Crippen MR) is 213 cm³/mol. The van der Waals surface area contributed by atoms with Crippen LogP contribution >= 0.6 is 24.8 Å². The van der Waals surface area contributed by atoms with E-state index in [1.807, 2.05) is 0 Å². The van der Waals surface area contributed by atoms with Crippen LogP contribution in [-0.2, 0) is 26.2 Å². The van der Waals surface area contributed by atoms with E-state index in [0.29, 0.717) is 0 Å². The predicted octanol–water partition coefficient (Wildman–Crippen LogP) is 13.7. The van der Waals surface area contributed by atoms with Crippen molar-refractivity contribution in [1.82, 2.24) is 0 Å². The number of hydrogen-bond acceptors (Lipinski definition) is 0. The molecular weight excluding hydrogens is 707 g/mol. The van der Waals surface area contributed by atoms with E-state index in [1.54, 1.807) is 0 Å². The first-order chi connectivity index (χ1) is 20.6. The van der Waals surface area contributed by atoms with Gasteiger partial charge in [0.25, 0.3) is 0 Å². The molecule has 0 nitrogen and oxygen atoms in total. The van der Waals surface area contributed by atoms with E-state index in [1.165, 1.54) is 91.4 Å². The van der Waals surface area contributed by atoms with Gasteiger partial charge in [-0.1, -0.05) is 149 Å². The van der Waals surface area contributed by atoms with Gasteiger partial charge in [0.15, 0.2) is 0 Å². The minimum Gasteiger partial charge on any atom is -0.358 e. The Morgan fingerprint density at radius 1 is 0.489 bits per heavy atom. The average molecular weight is 754 g/mol. The Kier molecular flexibility index (Phi) is 20.7. The van der Waals surface area contributed by atoms with Gasteiger partial charge in [0.2, 0.25) is 0 Å². The van der Waals surface area contributed by atoms with Crippen molar-refractivity contribution in [2.45, 2.75) is 53.4 Å². The first-order valence-electron chi connectivity index (χ1n) is 15.4. The summed E-state index contributed by atoms with van der Waals surface area (Å²) in [5.41, 5.74) is 7.92. The maximum Gasteiger partial charge on any atom is 3.00 e. The molecule has 0 aliphatic rings. The number of halogens is 2. The fraction of sp³-hybridized carbons (Fsp3) is 0.186. The minimum absolute atomic E-state index is 0. The molecule has 0 aliphatic carbocycles. The van der Waals surface area contributed by atoms with Gasteiger partial charge in [-0.05, 0) is 21.9 Å². The molecule has 4 heteroatoms. The van der Waals surface area contributed by atoms with Crippen LogP contribution < -0.4 is 0 Å². The zero-order chi connectivity index (χ0) is 29.3. The molecule has 0 saturated heterocycles. The number of unbranched alkanes of at least 4 members (excludes halogenated alkanes) is 3. The van der Waals surface area contributed by atoms with Crippen LogP contribution in [0.5, 0.6) is 0 Å². The molecule has 241 valence electrons. The summed E-state index contributed by atoms with van der Waals surface area (Å²) in [6.07, 6.45) is 5.54. The Balaban J connectivity index is 0.000000715. The van der Waals surface area contributed by atoms with Crippen molar-refractivity contribution in [3.8, 4) is 22.3 Å². The molecule has 7 aromatic rings. The molecule has 7 aromatic carbocycles. The van der Waals surface area contributed by atoms with Crippen LogP contribution in [0.25, 0.3) is 54.6 Å². The van der Waals surface area contributed by atoms with E-state index in [-0.39, 0.29) is 69.4 Å². The molecule has 0 bridgehead atoms. The second kappa shape index (κ2) is 22.0. The van der Waals surface area contributed by atoms with E-state index >= 15 is 0 Å². The van der Waals surface area contributed by atoms with Crippen LogP contribution in [-0.4, -0.2) is 11.0 Å². The van der Waals surface area contributed by atoms with Gasteiger partial charge < -0.3 is 7.43 Å². The summed E-state index contributed by atoms with van der Waals surface area (Å²) in [5, 5.41) is 7.98. The molecule has 0 amide bonds. The smallest absolute Gasteiger partial charge is 0.358 e. The van der Waals surface area contributed by atoms with E-state index < -0.39 is 0 Å². The van der Waals surface area contributed by atoms with Gasteiger partial charge in [-0.15, -0.1) is 93.9 Å². The van der Waals surface area contributed by atoms with Crippen molar-refractivity contribution in [2.75, 3.05) is 0 Å². The summed E-state index contributed by atoms with van der Waals surface area (Å²) in [6.45, 7) is 8.77. The summed E-state index contributed by atoms with van der Waals surface area (Å²) in [7, 11) is 0. The molecule has 0 saturated carbocycles. The molecule has 0 atom stereocenters. The monoisotopic (exact) mass is 751 g/mol. The molecule has 0 unspecified atom stereocenters. The van der Waals surface area contributed by atoms with Crippen molar-refractivity contribution in [2.24, 2.45) is 0 Å². The SMILES string of the molecule is CCCCCC.Cc1cc2c(-c3cccc4ccccc34)cccc2[cH-]1.Cc1cc2c(-c3ccccc3)cccc2[cH-]1.Cl.Cl.[CH3-].[Si].[Zr+3]. The first kappa shape index (κ1) is 44.3. The van der Waals surface area contributed by atoms with Crippen molar-refractivity contribution < 1.29 is 26.2 Å². The number of hydrogen-bond donors (Lipinski definition) is 0. The third-order valence-corrected chi connectivity index (χ3v) is 7.91. The fourth-order valence-electron chi connectivity index (χ4n) is 5.83. The Labute approximate surface area is 319 Å². The summed E-state index contributed by atoms with van der Waals surface area (Å²) in [4.78, 5) is 0. The molecular formula is C43H47Cl2SiZr. The fourth-order valence-corrected chi connectivity index (χ4v) is 5.83. The topological polar surface area (TPSA) is 0 Å². The van der Waals surface area contributed by atoms with Gasteiger partial charge in [-0.2, -0.15) is 12.1 Å². The Bertz CT molecular complexity index is 1880. The summed E-state index contributed by atoms with van der Waals surface area (Å²) >= 11 is 0. The Morgan fingerprint density at radius 2 is 0.915 bits per heavy atom. The van der Waals surface area contributed by atoms with Crippen LogP contribution in [0.3, 0.4) is 0 Å². The number of aryl methyl sites for hydroxylation is 2. The van der Waals surface area contributed by atoms with E-state index in [0.717, 1.165) is 0 Å². The van der Waals surface area contributed by atoms with Crippen molar-refractivity contribution in [3.63, 3.8) is 0 Å². The summed E-state index contributed by atoms with van der Waals surface area (Å²) in [6, 6.07) is 47.8. The largest absolute Gasteiger partial charge is 3.00 e. The molecule has 47 heavy (non-hydrogen) atoms. The van der Waals surface area contributed by atoms with Crippen LogP contribution in [0.1, 0.15) is 50.7 Å². The molecule has 0 aliphatic heterocycles. The Morgan fingerprint density at radius 3 is 1.47 bits per heavy atom. The first-order valence-corrected chi connectivity index (χ1v) is 15.4. The number of rotatable bonds is 5. The summed E-state index contributed by atoms with van der Waals surface area (Å²) < 4.78 is 0. The second-order valence-corrected chi connectivity index (χ2v) is 11.3. The molecule has 0 N–H and O–H groups in total. The van der Waals surface area contributed by atoms with Gasteiger partial charge in [0.05, 0.1) is 0 Å². The molecule has 0 fully saturated rings. The average Bonchev–Trinajstić information content (AvgIpc) is 3.61. The third kappa shape index (κ3) is 11.2. The molecule has 5 radical (unpaired) electrons. The van der Waals surface area contributed by atoms with Crippen LogP contribution in [0.2, 0.25) is 0 Å². The zero-order valence-corrected chi connectivity index (χ0v) is 33.4. The second-order valence-electron chi connectivity index (χ2n) is 11.3. The van der Waals surface area contributed by atoms with Crippen LogP contribution in [0, 0.1) is 21.3 Å². The number of fused-ring (bicyclic) bond motifs is 3. The molecule has 0 spiro atoms. The van der Waals surface area contributed by atoms with Crippen molar-refractivity contribution in [1.29, 1.82) is 0 Å². The minimum atomic E-state index is 0. The van der Waals surface area contributed by atoms with E-state index in [9.17, 15) is 0 Å². The van der Waals surface area contributed by atoms with Crippen LogP contribution in [0.15, 0.2) is 133 Å². The van der Waals surface area contributed by atoms with Gasteiger partial charge in [-0.3, -0.25) is 0 Å². The third-order valence-electron chi connectivity index (χ3n) is 7.91. The molecule has 7 rings (SSSR count). The molecule has 0 heterocycles. The maximum atomic E-state index is 2.28. The summed E-state index contributed by atoms with van der Waals surface area (Å²) in [5.74, 6) is 0. The van der Waals surface area contributed by atoms with Crippen LogP contribution in [0.4, 0.5) is 0 Å². The van der Waals surface area contributed by atoms with Gasteiger partial charge in [0.1, 0.15) is 0 Å². The maximum absolute atomic E-state index is 2.28. The Hall–Kier alpha value is -2.74. The van der Waals surface area contributed by atoms with Crippen molar-refractivity contribution in [3.05, 3.63) is 152 Å². The molecule has 0 aromatic heterocycles. The van der Waals surface area contributed by atoms with Gasteiger partial charge in [0, 0.05) is 11.0 Å². The number of benzene rings is 5. The van der Waals surface area contributed by atoms with E-state index in [2.05, 4.69) is 161 Å². The standard InChI is InChI=1S/C20H15.C16H13.C6H14.CH3.2ClH.Si.Zr/c1-14-12-16-8-5-11-19(20(16)13-14)18-10-4-7-15-6-2-3-9-17(15)18;1-12-10-14-8-5-9-15(16(14)11-12)13-6-3-2-4-7-13;1-3-5-6-4-2;;;;;/h2-13H,1H3;2-11H,1H3;3-6H2,1-2H3;1H3;2*1H;;/q2*-1;;-1;;;;+3. The van der Waals surface area contributed by atoms with Gasteiger partial charge in [-0.25, -0.2) is 0 Å².